The minimum Gasteiger partial charge on any atom is -0.465 e. The minimum atomic E-state index is -0.932. The van der Waals surface area contributed by atoms with Gasteiger partial charge in [0.25, 0.3) is 0 Å². The van der Waals surface area contributed by atoms with Gasteiger partial charge in [0.15, 0.2) is 0 Å². The quantitative estimate of drug-likeness (QED) is 0.503. The largest absolute Gasteiger partial charge is 0.465 e. The molecule has 3 N–H and O–H groups in total. The van der Waals surface area contributed by atoms with Crippen LogP contribution < -0.4 is 10.6 Å². The minimum absolute atomic E-state index is 0.157. The molecule has 162 valence electrons. The number of hydrogen-bond donors (Lipinski definition) is 3. The van der Waals surface area contributed by atoms with E-state index in [0.717, 1.165) is 10.9 Å². The van der Waals surface area contributed by atoms with Gasteiger partial charge in [0.1, 0.15) is 11.9 Å². The predicted molar refractivity (Wildman–Crippen MR) is 116 cm³/mol. The molecule has 0 saturated carbocycles. The van der Waals surface area contributed by atoms with E-state index in [1.165, 1.54) is 38.3 Å². The number of esters is 1. The van der Waals surface area contributed by atoms with E-state index in [2.05, 4.69) is 15.6 Å². The van der Waals surface area contributed by atoms with Gasteiger partial charge in [-0.2, -0.15) is 0 Å². The summed E-state index contributed by atoms with van der Waals surface area (Å²) in [5.41, 5.74) is 2.27. The molecule has 1 unspecified atom stereocenters. The van der Waals surface area contributed by atoms with Gasteiger partial charge in [-0.3, -0.25) is 9.59 Å². The lowest BCUT2D eigenvalue weighted by Crippen LogP contribution is -2.44. The van der Waals surface area contributed by atoms with Gasteiger partial charge < -0.3 is 20.4 Å². The molecule has 0 saturated heterocycles. The van der Waals surface area contributed by atoms with Crippen molar-refractivity contribution in [3.8, 4) is 0 Å². The van der Waals surface area contributed by atoms with Crippen molar-refractivity contribution in [3.63, 3.8) is 0 Å². The SMILES string of the molecule is COC(=O)c1ccc(Cl)c(NC(=O)C(Cc2c[nH]c3cc(F)ccc23)NC(C)=O)c1C. The van der Waals surface area contributed by atoms with Crippen molar-refractivity contribution in [1.29, 1.82) is 0 Å². The number of anilines is 1. The number of carbonyl (C=O) groups is 3. The molecule has 7 nitrogen and oxygen atoms in total. The standard InChI is InChI=1S/C22H21ClFN3O4/c1-11-15(22(30)31-3)6-7-17(23)20(11)27-21(29)19(26-12(2)28)8-13-10-25-18-9-14(24)4-5-16(13)18/h4-7,9-10,19,25H,8H2,1-3H3,(H,26,28)(H,27,29). The molecule has 0 aliphatic carbocycles. The number of aromatic nitrogens is 1. The van der Waals surface area contributed by atoms with Crippen LogP contribution in [0.4, 0.5) is 10.1 Å². The van der Waals surface area contributed by atoms with Gasteiger partial charge in [0.05, 0.1) is 23.4 Å². The van der Waals surface area contributed by atoms with E-state index in [9.17, 15) is 18.8 Å². The molecular weight excluding hydrogens is 425 g/mol. The molecule has 0 aliphatic rings. The van der Waals surface area contributed by atoms with Crippen LogP contribution in [0, 0.1) is 12.7 Å². The summed E-state index contributed by atoms with van der Waals surface area (Å²) in [5.74, 6) is -1.85. The van der Waals surface area contributed by atoms with Crippen molar-refractivity contribution in [1.82, 2.24) is 10.3 Å². The summed E-state index contributed by atoms with van der Waals surface area (Å²) >= 11 is 6.24. The summed E-state index contributed by atoms with van der Waals surface area (Å²) in [6, 6.07) is 6.36. The molecule has 1 heterocycles. The Hall–Kier alpha value is -3.39. The van der Waals surface area contributed by atoms with Crippen LogP contribution in [0.3, 0.4) is 0 Å². The zero-order valence-electron chi connectivity index (χ0n) is 17.1. The summed E-state index contributed by atoms with van der Waals surface area (Å²) in [4.78, 5) is 39.7. The van der Waals surface area contributed by atoms with Gasteiger partial charge in [0.2, 0.25) is 11.8 Å². The monoisotopic (exact) mass is 445 g/mol. The zero-order chi connectivity index (χ0) is 22.7. The lowest BCUT2D eigenvalue weighted by Gasteiger charge is -2.20. The first kappa shape index (κ1) is 22.3. The Kier molecular flexibility index (Phi) is 6.60. The Labute approximate surface area is 182 Å². The topological polar surface area (TPSA) is 100 Å². The third kappa shape index (κ3) is 4.86. The number of halogens is 2. The molecule has 9 heteroatoms. The molecule has 2 aromatic carbocycles. The maximum atomic E-state index is 13.5. The Morgan fingerprint density at radius 3 is 2.65 bits per heavy atom. The molecule has 0 aliphatic heterocycles. The Balaban J connectivity index is 1.90. The van der Waals surface area contributed by atoms with Crippen LogP contribution in [0.15, 0.2) is 36.5 Å². The number of methoxy groups -OCH3 is 1. The van der Waals surface area contributed by atoms with Crippen LogP contribution in [0.5, 0.6) is 0 Å². The molecule has 3 rings (SSSR count). The van der Waals surface area contributed by atoms with Crippen LogP contribution in [-0.4, -0.2) is 35.9 Å². The van der Waals surface area contributed by atoms with E-state index in [1.807, 2.05) is 0 Å². The summed E-state index contributed by atoms with van der Waals surface area (Å²) in [7, 11) is 1.26. The summed E-state index contributed by atoms with van der Waals surface area (Å²) in [5, 5.41) is 6.32. The highest BCUT2D eigenvalue weighted by atomic mass is 35.5. The lowest BCUT2D eigenvalue weighted by molar-refractivity contribution is -0.125. The van der Waals surface area contributed by atoms with Crippen LogP contribution in [0.25, 0.3) is 10.9 Å². The third-order valence-corrected chi connectivity index (χ3v) is 5.23. The highest BCUT2D eigenvalue weighted by molar-refractivity contribution is 6.34. The highest BCUT2D eigenvalue weighted by Crippen LogP contribution is 2.29. The number of fused-ring (bicyclic) bond motifs is 1. The summed E-state index contributed by atoms with van der Waals surface area (Å²) in [6.07, 6.45) is 1.83. The maximum Gasteiger partial charge on any atom is 0.338 e. The fourth-order valence-electron chi connectivity index (χ4n) is 3.38. The number of carbonyl (C=O) groups excluding carboxylic acids is 3. The lowest BCUT2D eigenvalue weighted by atomic mass is 10.0. The first-order valence-electron chi connectivity index (χ1n) is 9.42. The summed E-state index contributed by atoms with van der Waals surface area (Å²) in [6.45, 7) is 2.94. The van der Waals surface area contributed by atoms with Gasteiger partial charge in [-0.25, -0.2) is 9.18 Å². The molecule has 0 bridgehead atoms. The number of nitrogens with one attached hydrogen (secondary N) is 3. The fourth-order valence-corrected chi connectivity index (χ4v) is 3.63. The number of amides is 2. The average molecular weight is 446 g/mol. The molecule has 3 aromatic rings. The molecule has 1 aromatic heterocycles. The average Bonchev–Trinajstić information content (AvgIpc) is 3.11. The first-order valence-corrected chi connectivity index (χ1v) is 9.80. The number of benzene rings is 2. The van der Waals surface area contributed by atoms with Crippen molar-refractivity contribution < 1.29 is 23.5 Å². The molecular formula is C22H21ClFN3O4. The van der Waals surface area contributed by atoms with Crippen molar-refractivity contribution >= 4 is 46.0 Å². The Morgan fingerprint density at radius 1 is 1.23 bits per heavy atom. The first-order chi connectivity index (χ1) is 14.7. The number of hydrogen-bond acceptors (Lipinski definition) is 4. The van der Waals surface area contributed by atoms with Crippen LogP contribution in [-0.2, 0) is 20.7 Å². The van der Waals surface area contributed by atoms with Crippen molar-refractivity contribution in [3.05, 3.63) is 64.1 Å². The molecule has 1 atom stereocenters. The number of H-pyrrole nitrogens is 1. The molecule has 0 radical (unpaired) electrons. The smallest absolute Gasteiger partial charge is 0.338 e. The zero-order valence-corrected chi connectivity index (χ0v) is 17.9. The maximum absolute atomic E-state index is 13.5. The van der Waals surface area contributed by atoms with E-state index in [0.29, 0.717) is 11.1 Å². The molecule has 0 fully saturated rings. The second-order valence-corrected chi connectivity index (χ2v) is 7.44. The predicted octanol–water partition coefficient (Wildman–Crippen LogP) is 3.74. The molecule has 31 heavy (non-hydrogen) atoms. The van der Waals surface area contributed by atoms with Gasteiger partial charge in [-0.15, -0.1) is 0 Å². The van der Waals surface area contributed by atoms with Gasteiger partial charge in [-0.05, 0) is 48.4 Å². The molecule has 0 spiro atoms. The van der Waals surface area contributed by atoms with E-state index < -0.39 is 23.8 Å². The van der Waals surface area contributed by atoms with Crippen molar-refractivity contribution in [2.24, 2.45) is 0 Å². The Morgan fingerprint density at radius 2 is 1.97 bits per heavy atom. The fraction of sp³-hybridized carbons (Fsp3) is 0.227. The van der Waals surface area contributed by atoms with E-state index in [1.54, 1.807) is 19.2 Å². The number of aromatic amines is 1. The second kappa shape index (κ2) is 9.18. The van der Waals surface area contributed by atoms with Gasteiger partial charge in [-0.1, -0.05) is 11.6 Å². The van der Waals surface area contributed by atoms with Gasteiger partial charge >= 0.3 is 5.97 Å². The third-order valence-electron chi connectivity index (χ3n) is 4.92. The van der Waals surface area contributed by atoms with Crippen molar-refractivity contribution in [2.45, 2.75) is 26.3 Å². The van der Waals surface area contributed by atoms with Crippen LogP contribution in [0.2, 0.25) is 5.02 Å². The summed E-state index contributed by atoms with van der Waals surface area (Å²) < 4.78 is 18.2. The highest BCUT2D eigenvalue weighted by Gasteiger charge is 2.24. The number of ether oxygens (including phenoxy) is 1. The van der Waals surface area contributed by atoms with Crippen LogP contribution >= 0.6 is 11.6 Å². The van der Waals surface area contributed by atoms with Crippen molar-refractivity contribution in [2.75, 3.05) is 12.4 Å². The van der Waals surface area contributed by atoms with Gasteiger partial charge in [0, 0.05) is 30.4 Å². The second-order valence-electron chi connectivity index (χ2n) is 7.04. The van der Waals surface area contributed by atoms with E-state index in [-0.39, 0.29) is 28.5 Å². The number of rotatable bonds is 6. The van der Waals surface area contributed by atoms with E-state index >= 15 is 0 Å². The molecule has 2 amide bonds. The Bertz CT molecular complexity index is 1180. The normalized spacial score (nSPS) is 11.8. The van der Waals surface area contributed by atoms with Crippen LogP contribution in [0.1, 0.15) is 28.4 Å². The van der Waals surface area contributed by atoms with E-state index in [4.69, 9.17) is 16.3 Å².